The summed E-state index contributed by atoms with van der Waals surface area (Å²) in [5.74, 6) is 1.81. The number of fused-ring (bicyclic) bond motifs is 5. The molecule has 0 unspecified atom stereocenters. The molecule has 0 amide bonds. The fourth-order valence-corrected chi connectivity index (χ4v) is 5.70. The predicted octanol–water partition coefficient (Wildman–Crippen LogP) is 4.02. The Morgan fingerprint density at radius 1 is 0.675 bits per heavy atom. The van der Waals surface area contributed by atoms with Crippen molar-refractivity contribution in [3.05, 3.63) is 69.5 Å². The van der Waals surface area contributed by atoms with E-state index in [1.807, 2.05) is 30.3 Å². The van der Waals surface area contributed by atoms with Crippen molar-refractivity contribution in [2.45, 2.75) is 19.8 Å². The summed E-state index contributed by atoms with van der Waals surface area (Å²) in [5.41, 5.74) is 3.22. The highest BCUT2D eigenvalue weighted by atomic mass is 16.5. The second-order valence-electron chi connectivity index (χ2n) is 9.38. The van der Waals surface area contributed by atoms with Crippen LogP contribution in [0.25, 0.3) is 43.6 Å². The minimum atomic E-state index is -0.372. The summed E-state index contributed by atoms with van der Waals surface area (Å²) in [4.78, 5) is 13.8. The molecule has 9 heteroatoms. The van der Waals surface area contributed by atoms with Gasteiger partial charge in [-0.2, -0.15) is 0 Å². The lowest BCUT2D eigenvalue weighted by molar-refractivity contribution is 0.261. The van der Waals surface area contributed by atoms with Crippen LogP contribution in [0.1, 0.15) is 16.7 Å². The topological polar surface area (TPSA) is 120 Å². The summed E-state index contributed by atoms with van der Waals surface area (Å²) in [7, 11) is 7.83. The average molecular weight is 546 g/mol. The molecule has 208 valence electrons. The number of ether oxygens (including phenoxy) is 4. The minimum absolute atomic E-state index is 0.274. The van der Waals surface area contributed by atoms with E-state index in [2.05, 4.69) is 0 Å². The van der Waals surface area contributed by atoms with Gasteiger partial charge in [0.25, 0.3) is 5.56 Å². The molecule has 0 aliphatic carbocycles. The van der Waals surface area contributed by atoms with E-state index in [4.69, 9.17) is 18.9 Å². The highest BCUT2D eigenvalue weighted by molar-refractivity contribution is 6.19. The number of aromatic nitrogens is 1. The third kappa shape index (κ3) is 3.93. The molecule has 1 aromatic heterocycles. The van der Waals surface area contributed by atoms with Crippen LogP contribution in [0.3, 0.4) is 0 Å². The van der Waals surface area contributed by atoms with Crippen LogP contribution in [0, 0.1) is 0 Å². The van der Waals surface area contributed by atoms with Crippen LogP contribution < -0.4 is 24.5 Å². The highest BCUT2D eigenvalue weighted by Gasteiger charge is 2.23. The molecule has 5 rings (SSSR count). The van der Waals surface area contributed by atoms with E-state index in [9.17, 15) is 20.1 Å². The Balaban J connectivity index is 1.99. The van der Waals surface area contributed by atoms with Gasteiger partial charge in [-0.3, -0.25) is 4.79 Å². The van der Waals surface area contributed by atoms with Crippen molar-refractivity contribution in [2.75, 3.05) is 28.4 Å². The number of hydrogen-bond acceptors (Lipinski definition) is 8. The SMILES string of the molecule is COc1cc(-c2c(OC)c(OC)cc3c2ccc2c4ccc(CO)c(CO)c4c(=O)n(C)c32)cc(CO)c1OC. The van der Waals surface area contributed by atoms with Crippen LogP contribution in [0.2, 0.25) is 0 Å². The lowest BCUT2D eigenvalue weighted by Crippen LogP contribution is -2.19. The van der Waals surface area contributed by atoms with Gasteiger partial charge in [-0.25, -0.2) is 0 Å². The van der Waals surface area contributed by atoms with Gasteiger partial charge in [0.2, 0.25) is 0 Å². The van der Waals surface area contributed by atoms with Gasteiger partial charge in [0.1, 0.15) is 0 Å². The van der Waals surface area contributed by atoms with Gasteiger partial charge in [-0.15, -0.1) is 0 Å². The zero-order valence-corrected chi connectivity index (χ0v) is 23.0. The molecule has 0 radical (unpaired) electrons. The summed E-state index contributed by atoms with van der Waals surface area (Å²) in [5, 5.41) is 33.4. The van der Waals surface area contributed by atoms with E-state index in [-0.39, 0.29) is 25.4 Å². The maximum atomic E-state index is 13.8. The fourth-order valence-electron chi connectivity index (χ4n) is 5.70. The molecule has 0 fully saturated rings. The van der Waals surface area contributed by atoms with Gasteiger partial charge in [-0.1, -0.05) is 24.3 Å². The van der Waals surface area contributed by atoms with Crippen LogP contribution >= 0.6 is 0 Å². The molecule has 40 heavy (non-hydrogen) atoms. The normalized spacial score (nSPS) is 11.4. The minimum Gasteiger partial charge on any atom is -0.493 e. The van der Waals surface area contributed by atoms with Crippen molar-refractivity contribution in [1.82, 2.24) is 4.57 Å². The van der Waals surface area contributed by atoms with Crippen molar-refractivity contribution in [3.63, 3.8) is 0 Å². The van der Waals surface area contributed by atoms with Crippen LogP contribution in [0.15, 0.2) is 47.3 Å². The summed E-state index contributed by atoms with van der Waals surface area (Å²) < 4.78 is 24.2. The van der Waals surface area contributed by atoms with Crippen LogP contribution in [-0.2, 0) is 26.9 Å². The number of methoxy groups -OCH3 is 4. The Kier molecular flexibility index (Phi) is 7.29. The zero-order valence-electron chi connectivity index (χ0n) is 23.0. The first-order valence-corrected chi connectivity index (χ1v) is 12.6. The molecule has 9 nitrogen and oxygen atoms in total. The Morgan fingerprint density at radius 3 is 1.90 bits per heavy atom. The zero-order chi connectivity index (χ0) is 28.7. The Bertz CT molecular complexity index is 1820. The Hall–Kier alpha value is -4.31. The number of aliphatic hydroxyl groups is 3. The first-order chi connectivity index (χ1) is 19.4. The van der Waals surface area contributed by atoms with Gasteiger partial charge in [0, 0.05) is 28.9 Å². The largest absolute Gasteiger partial charge is 0.493 e. The van der Waals surface area contributed by atoms with E-state index < -0.39 is 0 Å². The number of hydrogen-bond donors (Lipinski definition) is 3. The first kappa shape index (κ1) is 27.3. The van der Waals surface area contributed by atoms with Gasteiger partial charge in [0.05, 0.1) is 59.2 Å². The van der Waals surface area contributed by atoms with E-state index in [0.717, 1.165) is 16.2 Å². The number of pyridine rings is 1. The van der Waals surface area contributed by atoms with Crippen molar-refractivity contribution in [2.24, 2.45) is 7.05 Å². The molecular weight excluding hydrogens is 514 g/mol. The molecule has 1 heterocycles. The Labute approximate surface area is 230 Å². The van der Waals surface area contributed by atoms with E-state index in [0.29, 0.717) is 67.1 Å². The molecule has 5 aromatic rings. The molecule has 0 saturated carbocycles. The summed E-state index contributed by atoms with van der Waals surface area (Å²) in [6.45, 7) is -0.931. The fraction of sp³-hybridized carbons (Fsp3) is 0.258. The Morgan fingerprint density at radius 2 is 1.30 bits per heavy atom. The third-order valence-electron chi connectivity index (χ3n) is 7.53. The predicted molar refractivity (Wildman–Crippen MR) is 154 cm³/mol. The molecule has 0 atom stereocenters. The maximum absolute atomic E-state index is 13.8. The quantitative estimate of drug-likeness (QED) is 0.250. The van der Waals surface area contributed by atoms with Crippen LogP contribution in [0.5, 0.6) is 23.0 Å². The monoisotopic (exact) mass is 545 g/mol. The summed E-state index contributed by atoms with van der Waals surface area (Å²) in [6, 6.07) is 12.9. The van der Waals surface area contributed by atoms with Gasteiger partial charge in [-0.05, 0) is 45.7 Å². The van der Waals surface area contributed by atoms with Gasteiger partial charge < -0.3 is 38.8 Å². The second kappa shape index (κ2) is 10.7. The molecule has 0 bridgehead atoms. The van der Waals surface area contributed by atoms with E-state index >= 15 is 0 Å². The van der Waals surface area contributed by atoms with Crippen LogP contribution in [-0.4, -0.2) is 48.3 Å². The number of benzene rings is 4. The van der Waals surface area contributed by atoms with Crippen molar-refractivity contribution in [3.8, 4) is 34.1 Å². The molecule has 0 aliphatic rings. The second-order valence-corrected chi connectivity index (χ2v) is 9.38. The summed E-state index contributed by atoms with van der Waals surface area (Å²) >= 11 is 0. The van der Waals surface area contributed by atoms with Crippen molar-refractivity contribution in [1.29, 1.82) is 0 Å². The van der Waals surface area contributed by atoms with Gasteiger partial charge in [0.15, 0.2) is 23.0 Å². The molecule has 0 spiro atoms. The van der Waals surface area contributed by atoms with E-state index in [1.165, 1.54) is 14.2 Å². The molecule has 0 saturated heterocycles. The number of aryl methyl sites for hydroxylation is 1. The molecular formula is C31H31NO8. The van der Waals surface area contributed by atoms with E-state index in [1.54, 1.807) is 38.0 Å². The first-order valence-electron chi connectivity index (χ1n) is 12.6. The van der Waals surface area contributed by atoms with Crippen molar-refractivity contribution < 1.29 is 34.3 Å². The third-order valence-corrected chi connectivity index (χ3v) is 7.53. The highest BCUT2D eigenvalue weighted by Crippen LogP contribution is 2.48. The lowest BCUT2D eigenvalue weighted by Gasteiger charge is -2.21. The molecule has 4 aromatic carbocycles. The molecule has 0 aliphatic heterocycles. The van der Waals surface area contributed by atoms with Crippen molar-refractivity contribution >= 4 is 32.4 Å². The summed E-state index contributed by atoms with van der Waals surface area (Å²) in [6.07, 6.45) is 0. The number of rotatable bonds is 8. The maximum Gasteiger partial charge on any atom is 0.259 e. The van der Waals surface area contributed by atoms with Gasteiger partial charge >= 0.3 is 0 Å². The average Bonchev–Trinajstić information content (AvgIpc) is 3.00. The smallest absolute Gasteiger partial charge is 0.259 e. The number of aliphatic hydroxyl groups excluding tert-OH is 3. The molecule has 3 N–H and O–H groups in total. The number of nitrogens with zero attached hydrogens (tertiary/aromatic N) is 1. The van der Waals surface area contributed by atoms with Crippen LogP contribution in [0.4, 0.5) is 0 Å². The standard InChI is InChI=1S/C31H31NO8/c1-32-28-21(19-7-6-16(13-33)23(15-35)27(19)31(32)36)9-8-20-22(28)12-25(38-3)30(40-5)26(20)17-10-18(14-34)29(39-4)24(11-17)37-2/h6-12,33-35H,13-15H2,1-5H3. The lowest BCUT2D eigenvalue weighted by atomic mass is 9.91.